The predicted octanol–water partition coefficient (Wildman–Crippen LogP) is 1.35. The molecule has 0 radical (unpaired) electrons. The van der Waals surface area contributed by atoms with Gasteiger partial charge in [-0.2, -0.15) is 0 Å². The number of aromatic nitrogens is 1. The second-order valence-electron chi connectivity index (χ2n) is 4.97. The first-order valence-electron chi connectivity index (χ1n) is 5.56. The van der Waals surface area contributed by atoms with E-state index in [1.165, 1.54) is 6.20 Å². The lowest BCUT2D eigenvalue weighted by molar-refractivity contribution is -0.0510. The van der Waals surface area contributed by atoms with Gasteiger partial charge in [-0.15, -0.1) is 0 Å². The minimum atomic E-state index is -1.05. The van der Waals surface area contributed by atoms with E-state index >= 15 is 0 Å². The van der Waals surface area contributed by atoms with Crippen LogP contribution in [0, 0.1) is 5.41 Å². The smallest absolute Gasteiger partial charge is 0.356 e. The van der Waals surface area contributed by atoms with Crippen molar-refractivity contribution >= 4 is 11.7 Å². The summed E-state index contributed by atoms with van der Waals surface area (Å²) in [6.07, 6.45) is 1.74. The summed E-state index contributed by atoms with van der Waals surface area (Å²) in [5, 5.41) is 21.8. The van der Waals surface area contributed by atoms with Gasteiger partial charge in [-0.3, -0.25) is 0 Å². The van der Waals surface area contributed by atoms with Crippen LogP contribution in [0.4, 0.5) is 5.69 Å². The van der Waals surface area contributed by atoms with E-state index in [2.05, 4.69) is 10.3 Å². The Balaban J connectivity index is 2.18. The highest BCUT2D eigenvalue weighted by Gasteiger charge is 2.47. The van der Waals surface area contributed by atoms with Crippen molar-refractivity contribution in [2.45, 2.75) is 32.4 Å². The molecular weight excluding hydrogens is 220 g/mol. The molecule has 5 heteroatoms. The van der Waals surface area contributed by atoms with Gasteiger partial charge in [-0.05, 0) is 18.6 Å². The van der Waals surface area contributed by atoms with E-state index in [0.29, 0.717) is 12.1 Å². The molecule has 3 N–H and O–H groups in total. The number of nitrogens with zero attached hydrogens (tertiary/aromatic N) is 1. The van der Waals surface area contributed by atoms with E-state index in [0.717, 1.165) is 0 Å². The number of aliphatic hydroxyl groups excluding tert-OH is 1. The number of anilines is 1. The molecule has 2 atom stereocenters. The van der Waals surface area contributed by atoms with Gasteiger partial charge in [-0.25, -0.2) is 9.78 Å². The van der Waals surface area contributed by atoms with Crippen LogP contribution in [0.3, 0.4) is 0 Å². The van der Waals surface area contributed by atoms with Gasteiger partial charge in [0.15, 0.2) is 5.69 Å². The van der Waals surface area contributed by atoms with E-state index in [1.807, 2.05) is 13.8 Å². The van der Waals surface area contributed by atoms with Gasteiger partial charge < -0.3 is 15.5 Å². The SMILES string of the molecule is CC1(C)C(O)CC1Nc1cccnc1C(=O)O. The summed E-state index contributed by atoms with van der Waals surface area (Å²) in [6, 6.07) is 3.45. The average molecular weight is 236 g/mol. The zero-order chi connectivity index (χ0) is 12.6. The molecule has 2 rings (SSSR count). The largest absolute Gasteiger partial charge is 0.476 e. The molecule has 1 aromatic heterocycles. The Kier molecular flexibility index (Phi) is 2.79. The summed E-state index contributed by atoms with van der Waals surface area (Å²) in [5.41, 5.74) is 0.278. The van der Waals surface area contributed by atoms with Gasteiger partial charge in [0.1, 0.15) is 0 Å². The lowest BCUT2D eigenvalue weighted by atomic mass is 9.64. The maximum Gasteiger partial charge on any atom is 0.356 e. The van der Waals surface area contributed by atoms with E-state index in [9.17, 15) is 9.90 Å². The van der Waals surface area contributed by atoms with Gasteiger partial charge in [0.05, 0.1) is 11.8 Å². The first-order chi connectivity index (χ1) is 7.93. The number of nitrogens with one attached hydrogen (secondary N) is 1. The van der Waals surface area contributed by atoms with Crippen molar-refractivity contribution in [3.05, 3.63) is 24.0 Å². The molecule has 0 aromatic carbocycles. The van der Waals surface area contributed by atoms with Crippen LogP contribution in [-0.4, -0.2) is 33.3 Å². The molecule has 2 unspecified atom stereocenters. The van der Waals surface area contributed by atoms with Gasteiger partial charge in [0.2, 0.25) is 0 Å². The summed E-state index contributed by atoms with van der Waals surface area (Å²) in [7, 11) is 0. The lowest BCUT2D eigenvalue weighted by Crippen LogP contribution is -2.57. The molecule has 1 aliphatic rings. The Bertz CT molecular complexity index is 445. The molecule has 1 aromatic rings. The van der Waals surface area contributed by atoms with Crippen LogP contribution in [0.1, 0.15) is 30.8 Å². The zero-order valence-corrected chi connectivity index (χ0v) is 9.84. The summed E-state index contributed by atoms with van der Waals surface area (Å²) < 4.78 is 0. The monoisotopic (exact) mass is 236 g/mol. The Morgan fingerprint density at radius 3 is 2.82 bits per heavy atom. The molecule has 1 heterocycles. The first kappa shape index (κ1) is 11.9. The number of carbonyl (C=O) groups is 1. The standard InChI is InChI=1S/C12H16N2O3/c1-12(2)8(6-9(12)15)14-7-4-3-5-13-10(7)11(16)17/h3-5,8-9,14-15H,6H2,1-2H3,(H,16,17). The van der Waals surface area contributed by atoms with Crippen molar-refractivity contribution < 1.29 is 15.0 Å². The normalized spacial score (nSPS) is 26.1. The Morgan fingerprint density at radius 1 is 1.59 bits per heavy atom. The Morgan fingerprint density at radius 2 is 2.29 bits per heavy atom. The summed E-state index contributed by atoms with van der Waals surface area (Å²) in [5.74, 6) is -1.05. The quantitative estimate of drug-likeness (QED) is 0.738. The molecule has 0 amide bonds. The molecule has 0 spiro atoms. The van der Waals surface area contributed by atoms with Crippen LogP contribution < -0.4 is 5.32 Å². The van der Waals surface area contributed by atoms with Crippen molar-refractivity contribution in [1.82, 2.24) is 4.98 Å². The van der Waals surface area contributed by atoms with E-state index in [-0.39, 0.29) is 23.3 Å². The summed E-state index contributed by atoms with van der Waals surface area (Å²) in [6.45, 7) is 3.91. The molecule has 1 aliphatic carbocycles. The first-order valence-corrected chi connectivity index (χ1v) is 5.56. The average Bonchev–Trinajstić information content (AvgIpc) is 2.29. The number of carboxylic acids is 1. The summed E-state index contributed by atoms with van der Waals surface area (Å²) in [4.78, 5) is 14.8. The molecule has 1 saturated carbocycles. The summed E-state index contributed by atoms with van der Waals surface area (Å²) >= 11 is 0. The van der Waals surface area contributed by atoms with Gasteiger partial charge in [0.25, 0.3) is 0 Å². The Hall–Kier alpha value is -1.62. The fraction of sp³-hybridized carbons (Fsp3) is 0.500. The van der Waals surface area contributed by atoms with Crippen molar-refractivity contribution in [3.63, 3.8) is 0 Å². The molecule has 0 aliphatic heterocycles. The van der Waals surface area contributed by atoms with Crippen LogP contribution >= 0.6 is 0 Å². The number of aliphatic hydroxyl groups is 1. The highest BCUT2D eigenvalue weighted by Crippen LogP contribution is 2.42. The minimum Gasteiger partial charge on any atom is -0.476 e. The third-order valence-corrected chi connectivity index (χ3v) is 3.56. The molecule has 17 heavy (non-hydrogen) atoms. The van der Waals surface area contributed by atoms with Crippen LogP contribution in [0.5, 0.6) is 0 Å². The fourth-order valence-corrected chi connectivity index (χ4v) is 2.03. The maximum atomic E-state index is 11.0. The topological polar surface area (TPSA) is 82.5 Å². The number of rotatable bonds is 3. The maximum absolute atomic E-state index is 11.0. The van der Waals surface area contributed by atoms with E-state index in [4.69, 9.17) is 5.11 Å². The highest BCUT2D eigenvalue weighted by atomic mass is 16.4. The van der Waals surface area contributed by atoms with E-state index < -0.39 is 5.97 Å². The number of hydrogen-bond donors (Lipinski definition) is 3. The van der Waals surface area contributed by atoms with Gasteiger partial charge >= 0.3 is 5.97 Å². The second-order valence-corrected chi connectivity index (χ2v) is 4.97. The van der Waals surface area contributed by atoms with Crippen LogP contribution in [0.2, 0.25) is 0 Å². The third-order valence-electron chi connectivity index (χ3n) is 3.56. The third kappa shape index (κ3) is 1.98. The molecular formula is C12H16N2O3. The fourth-order valence-electron chi connectivity index (χ4n) is 2.03. The van der Waals surface area contributed by atoms with Crippen LogP contribution in [0.25, 0.3) is 0 Å². The second kappa shape index (κ2) is 4.00. The van der Waals surface area contributed by atoms with Crippen LogP contribution in [-0.2, 0) is 0 Å². The molecule has 5 nitrogen and oxygen atoms in total. The zero-order valence-electron chi connectivity index (χ0n) is 9.84. The van der Waals surface area contributed by atoms with Crippen molar-refractivity contribution in [3.8, 4) is 0 Å². The number of aromatic carboxylic acids is 1. The van der Waals surface area contributed by atoms with Gasteiger partial charge in [-0.1, -0.05) is 13.8 Å². The number of hydrogen-bond acceptors (Lipinski definition) is 4. The lowest BCUT2D eigenvalue weighted by Gasteiger charge is -2.49. The highest BCUT2D eigenvalue weighted by molar-refractivity contribution is 5.91. The number of carboxylic acid groups (broad SMARTS) is 1. The van der Waals surface area contributed by atoms with Crippen molar-refractivity contribution in [2.24, 2.45) is 5.41 Å². The van der Waals surface area contributed by atoms with Crippen LogP contribution in [0.15, 0.2) is 18.3 Å². The molecule has 0 saturated heterocycles. The molecule has 92 valence electrons. The molecule has 1 fully saturated rings. The molecule has 0 bridgehead atoms. The van der Waals surface area contributed by atoms with Gasteiger partial charge in [0, 0.05) is 17.7 Å². The van der Waals surface area contributed by atoms with E-state index in [1.54, 1.807) is 12.1 Å². The minimum absolute atomic E-state index is 0.0182. The van der Waals surface area contributed by atoms with Crippen molar-refractivity contribution in [2.75, 3.05) is 5.32 Å². The van der Waals surface area contributed by atoms with Crippen molar-refractivity contribution in [1.29, 1.82) is 0 Å². The Labute approximate surface area is 99.5 Å². The predicted molar refractivity (Wildman–Crippen MR) is 63.0 cm³/mol. The number of pyridine rings is 1.